The molecule has 52 heavy (non-hydrogen) atoms. The summed E-state index contributed by atoms with van der Waals surface area (Å²) in [5.41, 5.74) is 1.54. The minimum atomic E-state index is -1.76. The average Bonchev–Trinajstić information content (AvgIpc) is 3.56. The Hall–Kier alpha value is -5.39. The SMILES string of the molecule is CC(C)(C)OC(=O)N[C@H](c1ccc([N+](=O)[O-])cc1)[C@H](N=C(c1ccccc1)c1ccccc1N=C([O-])[C@@H]1CCCN1Cc1ccccc1)C(=O)[O-].[Ni+2]. The van der Waals surface area contributed by atoms with Crippen LogP contribution >= 0.6 is 0 Å². The van der Waals surface area contributed by atoms with E-state index in [9.17, 15) is 29.9 Å². The van der Waals surface area contributed by atoms with E-state index in [1.807, 2.05) is 30.3 Å². The van der Waals surface area contributed by atoms with E-state index in [2.05, 4.69) is 15.2 Å². The van der Waals surface area contributed by atoms with Gasteiger partial charge in [-0.05, 0) is 63.2 Å². The summed E-state index contributed by atoms with van der Waals surface area (Å²) in [6, 6.07) is 27.1. The fraction of sp³-hybridized carbons (Fsp3) is 0.282. The van der Waals surface area contributed by atoms with Crippen molar-refractivity contribution in [2.24, 2.45) is 9.98 Å². The first-order valence-corrected chi connectivity index (χ1v) is 16.6. The summed E-state index contributed by atoms with van der Waals surface area (Å²) >= 11 is 0. The van der Waals surface area contributed by atoms with Gasteiger partial charge in [0.2, 0.25) is 0 Å². The molecule has 0 spiro atoms. The molecule has 0 aromatic heterocycles. The van der Waals surface area contributed by atoms with Crippen LogP contribution in [-0.2, 0) is 32.6 Å². The predicted octanol–water partition coefficient (Wildman–Crippen LogP) is 4.87. The average molecular weight is 748 g/mol. The van der Waals surface area contributed by atoms with Gasteiger partial charge in [0, 0.05) is 35.8 Å². The summed E-state index contributed by atoms with van der Waals surface area (Å²) in [7, 11) is 0. The Kier molecular flexibility index (Phi) is 13.4. The van der Waals surface area contributed by atoms with Crippen LogP contribution in [0.1, 0.15) is 61.9 Å². The van der Waals surface area contributed by atoms with Crippen molar-refractivity contribution in [1.29, 1.82) is 0 Å². The molecule has 1 amide bonds. The Bertz CT molecular complexity index is 1900. The molecule has 1 saturated heterocycles. The van der Waals surface area contributed by atoms with Crippen molar-refractivity contribution in [2.75, 3.05) is 6.54 Å². The van der Waals surface area contributed by atoms with Crippen LogP contribution in [0, 0.1) is 10.1 Å². The molecule has 0 radical (unpaired) electrons. The number of carboxylic acids is 1. The number of benzene rings is 4. The predicted molar refractivity (Wildman–Crippen MR) is 189 cm³/mol. The zero-order valence-corrected chi connectivity index (χ0v) is 29.9. The number of alkyl carbamates (subject to hydrolysis) is 1. The third kappa shape index (κ3) is 10.3. The summed E-state index contributed by atoms with van der Waals surface area (Å²) in [4.78, 5) is 48.2. The minimum absolute atomic E-state index is 0. The molecule has 13 heteroatoms. The van der Waals surface area contributed by atoms with Crippen LogP contribution in [0.4, 0.5) is 16.2 Å². The van der Waals surface area contributed by atoms with Crippen LogP contribution in [0.15, 0.2) is 119 Å². The molecular formula is C39H39N5NiO7. The van der Waals surface area contributed by atoms with Gasteiger partial charge in [-0.25, -0.2) is 4.79 Å². The number of para-hydroxylation sites is 1. The number of non-ortho nitro benzene ring substituents is 1. The van der Waals surface area contributed by atoms with E-state index in [0.29, 0.717) is 29.8 Å². The number of nitrogens with one attached hydrogen (secondary N) is 1. The second-order valence-electron chi connectivity index (χ2n) is 13.2. The van der Waals surface area contributed by atoms with Gasteiger partial charge in [-0.15, -0.1) is 0 Å². The van der Waals surface area contributed by atoms with Gasteiger partial charge in [-0.2, -0.15) is 0 Å². The van der Waals surface area contributed by atoms with Gasteiger partial charge in [0.15, 0.2) is 0 Å². The molecule has 1 heterocycles. The molecule has 1 aliphatic heterocycles. The number of hydrogen-bond acceptors (Lipinski definition) is 10. The maximum Gasteiger partial charge on any atom is 2.00 e. The van der Waals surface area contributed by atoms with Crippen molar-refractivity contribution in [1.82, 2.24) is 10.2 Å². The molecule has 0 saturated carbocycles. The molecule has 0 unspecified atom stereocenters. The number of nitro groups is 1. The number of carboxylic acid groups (broad SMARTS) is 1. The number of rotatable bonds is 12. The maximum atomic E-state index is 13.8. The van der Waals surface area contributed by atoms with E-state index in [0.717, 1.165) is 18.5 Å². The molecule has 1 aliphatic rings. The monoisotopic (exact) mass is 747 g/mol. The second kappa shape index (κ2) is 17.7. The normalized spacial score (nSPS) is 16.3. The van der Waals surface area contributed by atoms with Crippen molar-refractivity contribution < 1.29 is 46.0 Å². The Balaban J connectivity index is 0.00000605. The molecule has 4 aromatic rings. The van der Waals surface area contributed by atoms with Gasteiger partial charge in [0.1, 0.15) is 11.6 Å². The maximum absolute atomic E-state index is 13.8. The number of carbonyl (C=O) groups excluding carboxylic acids is 2. The van der Waals surface area contributed by atoms with Crippen LogP contribution in [0.5, 0.6) is 0 Å². The first-order valence-electron chi connectivity index (χ1n) is 16.6. The van der Waals surface area contributed by atoms with Gasteiger partial charge in [0.25, 0.3) is 5.69 Å². The number of nitrogens with zero attached hydrogens (tertiary/aromatic N) is 4. The summed E-state index contributed by atoms with van der Waals surface area (Å²) in [5, 5.41) is 40.7. The zero-order valence-electron chi connectivity index (χ0n) is 28.9. The zero-order chi connectivity index (χ0) is 36.5. The van der Waals surface area contributed by atoms with Crippen LogP contribution in [0.3, 0.4) is 0 Å². The van der Waals surface area contributed by atoms with Crippen molar-refractivity contribution in [2.45, 2.75) is 63.9 Å². The van der Waals surface area contributed by atoms with Gasteiger partial charge >= 0.3 is 22.6 Å². The van der Waals surface area contributed by atoms with E-state index in [-0.39, 0.29) is 39.4 Å². The van der Waals surface area contributed by atoms with E-state index >= 15 is 0 Å². The van der Waals surface area contributed by atoms with E-state index < -0.39 is 40.7 Å². The molecule has 12 nitrogen and oxygen atoms in total. The molecule has 0 bridgehead atoms. The second-order valence-corrected chi connectivity index (χ2v) is 13.2. The number of hydrogen-bond donors (Lipinski definition) is 1. The Labute approximate surface area is 312 Å². The molecule has 3 atom stereocenters. The van der Waals surface area contributed by atoms with Crippen molar-refractivity contribution in [3.05, 3.63) is 142 Å². The summed E-state index contributed by atoms with van der Waals surface area (Å²) in [6.45, 7) is 6.32. The number of aliphatic imine (C=N–C) groups is 2. The van der Waals surface area contributed by atoms with Crippen molar-refractivity contribution in [3.63, 3.8) is 0 Å². The van der Waals surface area contributed by atoms with Crippen LogP contribution in [0.25, 0.3) is 0 Å². The fourth-order valence-electron chi connectivity index (χ4n) is 5.96. The number of likely N-dealkylation sites (tertiary alicyclic amines) is 1. The smallest absolute Gasteiger partial charge is 0.861 e. The molecule has 4 aromatic carbocycles. The quantitative estimate of drug-likeness (QED) is 0.0703. The third-order valence-electron chi connectivity index (χ3n) is 8.27. The summed E-state index contributed by atoms with van der Waals surface area (Å²) < 4.78 is 5.44. The Morgan fingerprint density at radius 1 is 0.923 bits per heavy atom. The number of nitro benzene ring substituents is 1. The summed E-state index contributed by atoms with van der Waals surface area (Å²) in [6.07, 6.45) is 0.571. The Morgan fingerprint density at radius 2 is 1.54 bits per heavy atom. The Morgan fingerprint density at radius 3 is 2.15 bits per heavy atom. The van der Waals surface area contributed by atoms with Crippen LogP contribution in [0.2, 0.25) is 0 Å². The first kappa shape index (κ1) is 39.4. The molecule has 5 rings (SSSR count). The first-order chi connectivity index (χ1) is 24.4. The van der Waals surface area contributed by atoms with E-state index in [4.69, 9.17) is 9.73 Å². The number of ether oxygens (including phenoxy) is 1. The third-order valence-corrected chi connectivity index (χ3v) is 8.27. The van der Waals surface area contributed by atoms with Crippen LogP contribution < -0.4 is 15.5 Å². The van der Waals surface area contributed by atoms with E-state index in [1.165, 1.54) is 24.3 Å². The molecule has 272 valence electrons. The fourth-order valence-corrected chi connectivity index (χ4v) is 5.96. The number of carbonyl (C=O) groups is 2. The van der Waals surface area contributed by atoms with Gasteiger partial charge < -0.3 is 25.1 Å². The molecule has 1 fully saturated rings. The van der Waals surface area contributed by atoms with Gasteiger partial charge in [-0.3, -0.25) is 25.0 Å². The van der Waals surface area contributed by atoms with Gasteiger partial charge in [0.05, 0.1) is 28.3 Å². The van der Waals surface area contributed by atoms with Crippen molar-refractivity contribution in [3.8, 4) is 0 Å². The standard InChI is InChI=1S/C39H41N5O7.Ni/c1-39(2,3)51-38(48)42-34(28-20-22-29(23-21-28)44(49)50)35(37(46)47)41-33(27-15-8-5-9-16-27)30-17-10-11-18-31(30)40-36(45)32-19-12-24-43(32)25-26-13-6-4-7-14-26;/h4-11,13-18,20-23,32,34-35H,12,19,24-25H2,1-3H3,(H,40,45)(H,42,48)(H,46,47);/q;+2/p-2/t32-,34+,35-;/m0./s1. The minimum Gasteiger partial charge on any atom is -0.861 e. The van der Waals surface area contributed by atoms with Gasteiger partial charge in [-0.1, -0.05) is 91.0 Å². The van der Waals surface area contributed by atoms with Crippen LogP contribution in [-0.4, -0.2) is 57.7 Å². The molecule has 0 aliphatic carbocycles. The summed E-state index contributed by atoms with van der Waals surface area (Å²) in [5.74, 6) is -1.95. The largest absolute Gasteiger partial charge is 2.00 e. The number of aliphatic carboxylic acids is 1. The topological polar surface area (TPSA) is 173 Å². The molecule has 1 N–H and O–H groups in total. The number of amides is 1. The van der Waals surface area contributed by atoms with Crippen molar-refractivity contribution >= 4 is 35.0 Å². The van der Waals surface area contributed by atoms with E-state index in [1.54, 1.807) is 75.4 Å². The molecular weight excluding hydrogens is 709 g/mol.